The number of carbonyl (C=O) groups excluding carboxylic acids is 1. The lowest BCUT2D eigenvalue weighted by Gasteiger charge is -2.03. The summed E-state index contributed by atoms with van der Waals surface area (Å²) >= 11 is 0. The van der Waals surface area contributed by atoms with Gasteiger partial charge in [0.25, 0.3) is 5.91 Å². The van der Waals surface area contributed by atoms with E-state index in [1.54, 1.807) is 6.92 Å². The van der Waals surface area contributed by atoms with Crippen molar-refractivity contribution in [3.05, 3.63) is 39.7 Å². The highest BCUT2D eigenvalue weighted by atomic mass is 16.6. The van der Waals surface area contributed by atoms with Crippen LogP contribution in [-0.4, -0.2) is 21.0 Å². The summed E-state index contributed by atoms with van der Waals surface area (Å²) in [6.07, 6.45) is 0. The Labute approximate surface area is 106 Å². The number of aryl methyl sites for hydroxylation is 1. The predicted octanol–water partition coefficient (Wildman–Crippen LogP) is 1.12. The van der Waals surface area contributed by atoms with Gasteiger partial charge in [0.15, 0.2) is 5.82 Å². The van der Waals surface area contributed by atoms with Crippen LogP contribution in [0.4, 0.5) is 17.4 Å². The van der Waals surface area contributed by atoms with Gasteiger partial charge in [0.2, 0.25) is 0 Å². The van der Waals surface area contributed by atoms with Crippen LogP contribution in [-0.2, 0) is 0 Å². The zero-order valence-corrected chi connectivity index (χ0v) is 9.78. The largest absolute Gasteiger partial charge is 0.393 e. The molecule has 2 aromatic rings. The standard InChI is InChI=1S/C10H9N5O4/c1-5-12-10(19-14-5)13-9(16)6-3-2-4-7(11)8(6)15(17)18/h2-4H,11H2,1H3,(H,12,13,14,16). The fourth-order valence-electron chi connectivity index (χ4n) is 1.46. The number of benzene rings is 1. The summed E-state index contributed by atoms with van der Waals surface area (Å²) < 4.78 is 4.69. The van der Waals surface area contributed by atoms with Crippen molar-refractivity contribution in [2.75, 3.05) is 11.1 Å². The number of anilines is 2. The number of nitro benzene ring substituents is 1. The number of hydrogen-bond donors (Lipinski definition) is 2. The molecule has 0 aliphatic heterocycles. The lowest BCUT2D eigenvalue weighted by molar-refractivity contribution is -0.384. The Bertz CT molecular complexity index is 651. The highest BCUT2D eigenvalue weighted by Crippen LogP contribution is 2.26. The molecule has 0 aliphatic rings. The van der Waals surface area contributed by atoms with Gasteiger partial charge in [0, 0.05) is 0 Å². The zero-order chi connectivity index (χ0) is 14.0. The second-order valence-corrected chi connectivity index (χ2v) is 3.60. The molecule has 0 fully saturated rings. The fourth-order valence-corrected chi connectivity index (χ4v) is 1.46. The van der Waals surface area contributed by atoms with Crippen LogP contribution in [0.2, 0.25) is 0 Å². The maximum Gasteiger partial charge on any atom is 0.328 e. The van der Waals surface area contributed by atoms with E-state index >= 15 is 0 Å². The average molecular weight is 263 g/mol. The number of rotatable bonds is 3. The highest BCUT2D eigenvalue weighted by Gasteiger charge is 2.24. The van der Waals surface area contributed by atoms with Gasteiger partial charge in [-0.2, -0.15) is 4.98 Å². The Balaban J connectivity index is 2.34. The van der Waals surface area contributed by atoms with Crippen LogP contribution in [0, 0.1) is 17.0 Å². The third-order valence-electron chi connectivity index (χ3n) is 2.24. The number of nitrogen functional groups attached to an aromatic ring is 1. The number of nitrogens with two attached hydrogens (primary N) is 1. The predicted molar refractivity (Wildman–Crippen MR) is 64.5 cm³/mol. The van der Waals surface area contributed by atoms with Gasteiger partial charge in [0.1, 0.15) is 11.3 Å². The summed E-state index contributed by atoms with van der Waals surface area (Å²) in [4.78, 5) is 25.8. The molecule has 3 N–H and O–H groups in total. The molecule has 1 amide bonds. The van der Waals surface area contributed by atoms with Crippen molar-refractivity contribution >= 4 is 23.3 Å². The molecule has 0 saturated heterocycles. The monoisotopic (exact) mass is 263 g/mol. The quantitative estimate of drug-likeness (QED) is 0.480. The van der Waals surface area contributed by atoms with Gasteiger partial charge in [-0.3, -0.25) is 20.2 Å². The van der Waals surface area contributed by atoms with E-state index in [0.29, 0.717) is 5.82 Å². The van der Waals surface area contributed by atoms with Crippen LogP contribution >= 0.6 is 0 Å². The molecule has 1 aromatic heterocycles. The summed E-state index contributed by atoms with van der Waals surface area (Å²) in [5.74, 6) is -0.417. The average Bonchev–Trinajstić information content (AvgIpc) is 2.73. The normalized spacial score (nSPS) is 10.2. The van der Waals surface area contributed by atoms with Gasteiger partial charge < -0.3 is 10.3 Å². The summed E-state index contributed by atoms with van der Waals surface area (Å²) in [5.41, 5.74) is 4.75. The van der Waals surface area contributed by atoms with E-state index in [0.717, 1.165) is 0 Å². The van der Waals surface area contributed by atoms with Crippen molar-refractivity contribution in [1.29, 1.82) is 0 Å². The molecule has 0 bridgehead atoms. The van der Waals surface area contributed by atoms with Crippen LogP contribution in [0.1, 0.15) is 16.2 Å². The topological polar surface area (TPSA) is 137 Å². The van der Waals surface area contributed by atoms with Crippen molar-refractivity contribution in [2.24, 2.45) is 0 Å². The van der Waals surface area contributed by atoms with Crippen LogP contribution in [0.5, 0.6) is 0 Å². The molecule has 19 heavy (non-hydrogen) atoms. The van der Waals surface area contributed by atoms with E-state index in [9.17, 15) is 14.9 Å². The molecule has 0 atom stereocenters. The van der Waals surface area contributed by atoms with Crippen molar-refractivity contribution < 1.29 is 14.2 Å². The van der Waals surface area contributed by atoms with Crippen molar-refractivity contribution in [1.82, 2.24) is 10.1 Å². The Morgan fingerprint density at radius 2 is 2.26 bits per heavy atom. The number of nitro groups is 1. The van der Waals surface area contributed by atoms with Crippen LogP contribution in [0.3, 0.4) is 0 Å². The smallest absolute Gasteiger partial charge is 0.328 e. The molecule has 2 rings (SSSR count). The van der Waals surface area contributed by atoms with E-state index in [1.165, 1.54) is 18.2 Å². The second kappa shape index (κ2) is 4.72. The summed E-state index contributed by atoms with van der Waals surface area (Å²) in [6.45, 7) is 1.57. The molecule has 0 spiro atoms. The molecule has 0 aliphatic carbocycles. The Kier molecular flexibility index (Phi) is 3.10. The lowest BCUT2D eigenvalue weighted by Crippen LogP contribution is -2.15. The van der Waals surface area contributed by atoms with Gasteiger partial charge >= 0.3 is 11.7 Å². The first-order valence-corrected chi connectivity index (χ1v) is 5.13. The number of nitrogens with one attached hydrogen (secondary N) is 1. The number of hydrogen-bond acceptors (Lipinski definition) is 7. The minimum Gasteiger partial charge on any atom is -0.393 e. The highest BCUT2D eigenvalue weighted by molar-refractivity contribution is 6.07. The molecule has 9 nitrogen and oxygen atoms in total. The SMILES string of the molecule is Cc1noc(NC(=O)c2cccc(N)c2[N+](=O)[O-])n1. The third kappa shape index (κ3) is 2.49. The zero-order valence-electron chi connectivity index (χ0n) is 9.78. The van der Waals surface area contributed by atoms with Gasteiger partial charge in [-0.25, -0.2) is 0 Å². The minimum atomic E-state index is -0.748. The molecule has 0 radical (unpaired) electrons. The van der Waals surface area contributed by atoms with Gasteiger partial charge in [-0.1, -0.05) is 11.2 Å². The Morgan fingerprint density at radius 1 is 1.53 bits per heavy atom. The van der Waals surface area contributed by atoms with E-state index in [-0.39, 0.29) is 17.3 Å². The summed E-state index contributed by atoms with van der Waals surface area (Å²) in [5, 5.41) is 16.6. The summed E-state index contributed by atoms with van der Waals surface area (Å²) in [6, 6.07) is 3.92. The third-order valence-corrected chi connectivity index (χ3v) is 2.24. The maximum atomic E-state index is 11.9. The van der Waals surface area contributed by atoms with Crippen molar-refractivity contribution in [3.63, 3.8) is 0 Å². The van der Waals surface area contributed by atoms with Gasteiger partial charge in [-0.05, 0) is 19.1 Å². The fraction of sp³-hybridized carbons (Fsp3) is 0.100. The van der Waals surface area contributed by atoms with Gasteiger partial charge in [-0.15, -0.1) is 0 Å². The molecule has 0 saturated carbocycles. The molecular weight excluding hydrogens is 254 g/mol. The number of carbonyl (C=O) groups is 1. The number of para-hydroxylation sites is 1. The first kappa shape index (κ1) is 12.5. The number of amides is 1. The van der Waals surface area contributed by atoms with E-state index < -0.39 is 16.5 Å². The molecule has 9 heteroatoms. The second-order valence-electron chi connectivity index (χ2n) is 3.60. The van der Waals surface area contributed by atoms with Crippen LogP contribution in [0.25, 0.3) is 0 Å². The van der Waals surface area contributed by atoms with Crippen LogP contribution < -0.4 is 11.1 Å². The molecule has 1 aromatic carbocycles. The maximum absolute atomic E-state index is 11.9. The number of nitrogens with zero attached hydrogens (tertiary/aromatic N) is 3. The molecular formula is C10H9N5O4. The minimum absolute atomic E-state index is 0.0978. The van der Waals surface area contributed by atoms with Crippen molar-refractivity contribution in [2.45, 2.75) is 6.92 Å². The van der Waals surface area contributed by atoms with E-state index in [4.69, 9.17) is 10.3 Å². The van der Waals surface area contributed by atoms with Crippen molar-refractivity contribution in [3.8, 4) is 0 Å². The summed E-state index contributed by atoms with van der Waals surface area (Å²) in [7, 11) is 0. The Morgan fingerprint density at radius 3 is 2.84 bits per heavy atom. The van der Waals surface area contributed by atoms with E-state index in [2.05, 4.69) is 15.5 Å². The molecule has 0 unspecified atom stereocenters. The first-order valence-electron chi connectivity index (χ1n) is 5.13. The van der Waals surface area contributed by atoms with Crippen LogP contribution in [0.15, 0.2) is 22.7 Å². The van der Waals surface area contributed by atoms with E-state index in [1.807, 2.05) is 0 Å². The lowest BCUT2D eigenvalue weighted by atomic mass is 10.1. The molecule has 1 heterocycles. The first-order chi connectivity index (χ1) is 8.99. The van der Waals surface area contributed by atoms with Gasteiger partial charge in [0.05, 0.1) is 4.92 Å². The Hall–Kier alpha value is -2.97. The molecule has 98 valence electrons. The number of aromatic nitrogens is 2.